The lowest BCUT2D eigenvalue weighted by atomic mass is 10.2. The third-order valence-electron chi connectivity index (χ3n) is 4.71. The Morgan fingerprint density at radius 1 is 1.15 bits per heavy atom. The van der Waals surface area contributed by atoms with Crippen molar-refractivity contribution in [3.05, 3.63) is 52.6 Å². The molecule has 1 fully saturated rings. The van der Waals surface area contributed by atoms with Crippen molar-refractivity contribution in [2.45, 2.75) is 6.92 Å². The molecule has 7 nitrogen and oxygen atoms in total. The van der Waals surface area contributed by atoms with Crippen molar-refractivity contribution in [3.8, 4) is 11.3 Å². The summed E-state index contributed by atoms with van der Waals surface area (Å²) in [6.45, 7) is 5.45. The van der Waals surface area contributed by atoms with Crippen molar-refractivity contribution < 1.29 is 4.39 Å². The highest BCUT2D eigenvalue weighted by Gasteiger charge is 2.16. The minimum Gasteiger partial charge on any atom is -0.360 e. The van der Waals surface area contributed by atoms with E-state index in [1.807, 2.05) is 13.1 Å². The number of pyridine rings is 1. The van der Waals surface area contributed by atoms with E-state index in [0.29, 0.717) is 16.2 Å². The van der Waals surface area contributed by atoms with E-state index >= 15 is 0 Å². The number of nitrogens with zero attached hydrogens (tertiary/aromatic N) is 5. The Labute approximate surface area is 157 Å². The Bertz CT molecular complexity index is 1220. The highest BCUT2D eigenvalue weighted by molar-refractivity contribution is 7.20. The summed E-state index contributed by atoms with van der Waals surface area (Å²) in [6.07, 6.45) is 5.34. The van der Waals surface area contributed by atoms with Crippen LogP contribution < -0.4 is 15.8 Å². The Morgan fingerprint density at radius 3 is 2.78 bits per heavy atom. The van der Waals surface area contributed by atoms with E-state index < -0.39 is 5.82 Å². The minimum absolute atomic E-state index is 0.171. The number of rotatable bonds is 2. The zero-order valence-corrected chi connectivity index (χ0v) is 15.5. The third kappa shape index (κ3) is 2.79. The number of fused-ring (bicyclic) bond motifs is 2. The maximum Gasteiger partial charge on any atom is 0.259 e. The molecule has 1 aliphatic rings. The first-order valence-electron chi connectivity index (χ1n) is 8.73. The van der Waals surface area contributed by atoms with Crippen molar-refractivity contribution in [2.75, 3.05) is 31.1 Å². The molecule has 5 heterocycles. The van der Waals surface area contributed by atoms with Gasteiger partial charge in [0.25, 0.3) is 5.56 Å². The maximum absolute atomic E-state index is 14.4. The van der Waals surface area contributed by atoms with E-state index in [1.54, 1.807) is 21.2 Å². The first-order valence-corrected chi connectivity index (χ1v) is 9.54. The molecular weight excluding hydrogens is 367 g/mol. The lowest BCUT2D eigenvalue weighted by molar-refractivity contribution is 0.591. The number of anilines is 1. The van der Waals surface area contributed by atoms with Gasteiger partial charge in [-0.1, -0.05) is 11.3 Å². The minimum atomic E-state index is -0.435. The Kier molecular flexibility index (Phi) is 3.73. The standard InChI is InChI=1S/C18H17FN6OS/c1-11-8-24-9-12(6-13(19)17(24)21-11)14-7-15(26)25-10-16(27-18(25)22-14)23-4-2-20-3-5-23/h6-10,20H,2-5H2,1H3. The van der Waals surface area contributed by atoms with E-state index in [0.717, 1.165) is 36.9 Å². The van der Waals surface area contributed by atoms with E-state index in [4.69, 9.17) is 0 Å². The van der Waals surface area contributed by atoms with Gasteiger partial charge in [0, 0.05) is 56.4 Å². The normalized spacial score (nSPS) is 15.1. The number of nitrogens with one attached hydrogen (secondary N) is 1. The zero-order chi connectivity index (χ0) is 18.5. The maximum atomic E-state index is 14.4. The molecule has 4 aromatic heterocycles. The fourth-order valence-electron chi connectivity index (χ4n) is 3.39. The summed E-state index contributed by atoms with van der Waals surface area (Å²) >= 11 is 1.48. The molecule has 4 aromatic rings. The van der Waals surface area contributed by atoms with Crippen LogP contribution in [-0.4, -0.2) is 44.9 Å². The van der Waals surface area contributed by atoms with Gasteiger partial charge in [-0.05, 0) is 13.0 Å². The van der Waals surface area contributed by atoms with Crippen LogP contribution in [0.3, 0.4) is 0 Å². The van der Waals surface area contributed by atoms with Crippen LogP contribution in [0, 0.1) is 12.7 Å². The molecule has 0 aliphatic carbocycles. The summed E-state index contributed by atoms with van der Waals surface area (Å²) < 4.78 is 17.6. The molecule has 27 heavy (non-hydrogen) atoms. The average Bonchev–Trinajstić information content (AvgIpc) is 3.26. The molecule has 9 heteroatoms. The van der Waals surface area contributed by atoms with Gasteiger partial charge >= 0.3 is 0 Å². The van der Waals surface area contributed by atoms with Crippen LogP contribution in [-0.2, 0) is 0 Å². The van der Waals surface area contributed by atoms with Gasteiger partial charge in [-0.15, -0.1) is 0 Å². The van der Waals surface area contributed by atoms with Crippen molar-refractivity contribution >= 4 is 26.9 Å². The van der Waals surface area contributed by atoms with Crippen LogP contribution in [0.1, 0.15) is 5.69 Å². The predicted octanol–water partition coefficient (Wildman–Crippen LogP) is 1.93. The van der Waals surface area contributed by atoms with Crippen LogP contribution >= 0.6 is 11.3 Å². The molecular formula is C18H17FN6OS. The summed E-state index contributed by atoms with van der Waals surface area (Å²) in [6, 6.07) is 2.83. The highest BCUT2D eigenvalue weighted by Crippen LogP contribution is 2.27. The first kappa shape index (κ1) is 16.4. The number of hydrogen-bond donors (Lipinski definition) is 1. The lowest BCUT2D eigenvalue weighted by Crippen LogP contribution is -2.43. The van der Waals surface area contributed by atoms with Gasteiger partial charge in [-0.3, -0.25) is 9.20 Å². The summed E-state index contributed by atoms with van der Waals surface area (Å²) in [5.74, 6) is -0.435. The van der Waals surface area contributed by atoms with Crippen LogP contribution in [0.2, 0.25) is 0 Å². The highest BCUT2D eigenvalue weighted by atomic mass is 32.1. The van der Waals surface area contributed by atoms with E-state index in [-0.39, 0.29) is 11.2 Å². The van der Waals surface area contributed by atoms with Gasteiger partial charge in [0.05, 0.1) is 11.4 Å². The van der Waals surface area contributed by atoms with Crippen molar-refractivity contribution in [3.63, 3.8) is 0 Å². The van der Waals surface area contributed by atoms with Crippen molar-refractivity contribution in [2.24, 2.45) is 0 Å². The van der Waals surface area contributed by atoms with E-state index in [1.165, 1.54) is 23.5 Å². The van der Waals surface area contributed by atoms with Gasteiger partial charge < -0.3 is 14.6 Å². The van der Waals surface area contributed by atoms with Crippen LogP contribution in [0.25, 0.3) is 21.9 Å². The third-order valence-corrected chi connectivity index (χ3v) is 5.75. The number of aromatic nitrogens is 4. The molecule has 5 rings (SSSR count). The molecule has 0 saturated carbocycles. The number of imidazole rings is 1. The number of halogens is 1. The predicted molar refractivity (Wildman–Crippen MR) is 103 cm³/mol. The van der Waals surface area contributed by atoms with Gasteiger partial charge in [0.15, 0.2) is 16.4 Å². The second-order valence-electron chi connectivity index (χ2n) is 6.63. The van der Waals surface area contributed by atoms with Crippen LogP contribution in [0.4, 0.5) is 9.39 Å². The fraction of sp³-hybridized carbons (Fsp3) is 0.278. The molecule has 1 saturated heterocycles. The summed E-state index contributed by atoms with van der Waals surface area (Å²) in [5.41, 5.74) is 1.84. The molecule has 0 amide bonds. The SMILES string of the molecule is Cc1cn2cc(-c3cc(=O)n4cc(N5CCNCC5)sc4n3)cc(F)c2n1. The second-order valence-corrected chi connectivity index (χ2v) is 7.62. The van der Waals surface area contributed by atoms with Gasteiger partial charge in [0.1, 0.15) is 5.00 Å². The first-order chi connectivity index (χ1) is 13.1. The Morgan fingerprint density at radius 2 is 1.96 bits per heavy atom. The molecule has 0 radical (unpaired) electrons. The number of hydrogen-bond acceptors (Lipinski definition) is 6. The largest absolute Gasteiger partial charge is 0.360 e. The van der Waals surface area contributed by atoms with Crippen LogP contribution in [0.5, 0.6) is 0 Å². The van der Waals surface area contributed by atoms with Gasteiger partial charge in [-0.2, -0.15) is 0 Å². The van der Waals surface area contributed by atoms with Crippen molar-refractivity contribution in [1.82, 2.24) is 24.1 Å². The molecule has 1 aliphatic heterocycles. The molecule has 0 bridgehead atoms. The number of thiazole rings is 1. The molecule has 0 aromatic carbocycles. The average molecular weight is 384 g/mol. The number of aryl methyl sites for hydroxylation is 1. The zero-order valence-electron chi connectivity index (χ0n) is 14.6. The molecule has 1 N–H and O–H groups in total. The summed E-state index contributed by atoms with van der Waals surface area (Å²) in [7, 11) is 0. The quantitative estimate of drug-likeness (QED) is 0.572. The summed E-state index contributed by atoms with van der Waals surface area (Å²) in [4.78, 5) is 24.2. The smallest absolute Gasteiger partial charge is 0.259 e. The van der Waals surface area contributed by atoms with E-state index in [2.05, 4.69) is 20.2 Å². The Hall–Kier alpha value is -2.78. The van der Waals surface area contributed by atoms with E-state index in [9.17, 15) is 9.18 Å². The summed E-state index contributed by atoms with van der Waals surface area (Å²) in [5, 5.41) is 4.34. The molecule has 0 unspecified atom stereocenters. The van der Waals surface area contributed by atoms with Gasteiger partial charge in [-0.25, -0.2) is 14.4 Å². The molecule has 0 atom stereocenters. The van der Waals surface area contributed by atoms with Crippen LogP contribution in [0.15, 0.2) is 35.5 Å². The topological polar surface area (TPSA) is 66.9 Å². The molecule has 0 spiro atoms. The monoisotopic (exact) mass is 384 g/mol. The Balaban J connectivity index is 1.62. The number of piperazine rings is 1. The molecule has 138 valence electrons. The lowest BCUT2D eigenvalue weighted by Gasteiger charge is -2.27. The van der Waals surface area contributed by atoms with Gasteiger partial charge in [0.2, 0.25) is 0 Å². The second kappa shape index (κ2) is 6.14. The van der Waals surface area contributed by atoms with Crippen molar-refractivity contribution in [1.29, 1.82) is 0 Å². The fourth-order valence-corrected chi connectivity index (χ4v) is 4.43.